The van der Waals surface area contributed by atoms with Crippen molar-refractivity contribution in [2.45, 2.75) is 0 Å². The van der Waals surface area contributed by atoms with E-state index in [1.165, 1.54) is 7.11 Å². The zero-order valence-corrected chi connectivity index (χ0v) is 15.8. The SMILES string of the molecule is COc1ccccc1/C=C1\SC(=O)N(CC(=O)Nc2cccc(Cl)c2)C1=O. The number of methoxy groups -OCH3 is 1. The van der Waals surface area contributed by atoms with Crippen LogP contribution in [0.1, 0.15) is 5.56 Å². The number of hydrogen-bond acceptors (Lipinski definition) is 5. The van der Waals surface area contributed by atoms with Gasteiger partial charge in [-0.05, 0) is 42.1 Å². The standard InChI is InChI=1S/C19H15ClN2O4S/c1-26-15-8-3-2-5-12(15)9-16-18(24)22(19(25)27-16)11-17(23)21-14-7-4-6-13(20)10-14/h2-10H,11H2,1H3,(H,21,23)/b16-9-. The van der Waals surface area contributed by atoms with Crippen molar-refractivity contribution in [1.29, 1.82) is 0 Å². The molecule has 0 bridgehead atoms. The number of anilines is 1. The molecule has 1 aliphatic rings. The Morgan fingerprint density at radius 1 is 1.22 bits per heavy atom. The third-order valence-electron chi connectivity index (χ3n) is 3.71. The quantitative estimate of drug-likeness (QED) is 0.764. The highest BCUT2D eigenvalue weighted by Crippen LogP contribution is 2.33. The minimum Gasteiger partial charge on any atom is -0.496 e. The zero-order chi connectivity index (χ0) is 19.4. The molecule has 8 heteroatoms. The highest BCUT2D eigenvalue weighted by atomic mass is 35.5. The number of para-hydroxylation sites is 1. The van der Waals surface area contributed by atoms with Crippen LogP contribution < -0.4 is 10.1 Å². The van der Waals surface area contributed by atoms with Crippen molar-refractivity contribution in [3.63, 3.8) is 0 Å². The molecule has 0 aliphatic carbocycles. The predicted molar refractivity (Wildman–Crippen MR) is 106 cm³/mol. The lowest BCUT2D eigenvalue weighted by molar-refractivity contribution is -0.127. The van der Waals surface area contributed by atoms with Crippen LogP contribution >= 0.6 is 23.4 Å². The van der Waals surface area contributed by atoms with Gasteiger partial charge in [0.05, 0.1) is 12.0 Å². The summed E-state index contributed by atoms with van der Waals surface area (Å²) in [4.78, 5) is 38.0. The molecule has 1 aliphatic heterocycles. The van der Waals surface area contributed by atoms with Crippen LogP contribution in [0.3, 0.4) is 0 Å². The number of carbonyl (C=O) groups is 3. The number of benzene rings is 2. The molecule has 1 fully saturated rings. The molecule has 138 valence electrons. The van der Waals surface area contributed by atoms with E-state index in [-0.39, 0.29) is 11.4 Å². The second-order valence-electron chi connectivity index (χ2n) is 5.57. The first-order chi connectivity index (χ1) is 13.0. The molecule has 0 atom stereocenters. The van der Waals surface area contributed by atoms with Crippen molar-refractivity contribution in [2.75, 3.05) is 19.0 Å². The van der Waals surface area contributed by atoms with Gasteiger partial charge in [0.1, 0.15) is 12.3 Å². The van der Waals surface area contributed by atoms with Gasteiger partial charge >= 0.3 is 0 Å². The molecule has 0 spiro atoms. The molecule has 2 aromatic rings. The molecule has 6 nitrogen and oxygen atoms in total. The first-order valence-corrected chi connectivity index (χ1v) is 9.11. The average Bonchev–Trinajstić information content (AvgIpc) is 2.89. The van der Waals surface area contributed by atoms with Crippen LogP contribution in [0.2, 0.25) is 5.02 Å². The highest BCUT2D eigenvalue weighted by molar-refractivity contribution is 8.18. The predicted octanol–water partition coefficient (Wildman–Crippen LogP) is 4.02. The average molecular weight is 403 g/mol. The number of halogens is 1. The topological polar surface area (TPSA) is 75.7 Å². The summed E-state index contributed by atoms with van der Waals surface area (Å²) in [5.41, 5.74) is 1.16. The lowest BCUT2D eigenvalue weighted by Crippen LogP contribution is -2.36. The molecule has 0 aromatic heterocycles. The van der Waals surface area contributed by atoms with E-state index in [2.05, 4.69) is 5.32 Å². The van der Waals surface area contributed by atoms with E-state index in [0.29, 0.717) is 22.0 Å². The molecule has 1 saturated heterocycles. The molecule has 1 heterocycles. The van der Waals surface area contributed by atoms with E-state index in [0.717, 1.165) is 16.7 Å². The molecule has 0 saturated carbocycles. The van der Waals surface area contributed by atoms with E-state index in [1.807, 2.05) is 6.07 Å². The van der Waals surface area contributed by atoms with E-state index < -0.39 is 17.1 Å². The minimum absolute atomic E-state index is 0.236. The van der Waals surface area contributed by atoms with Gasteiger partial charge in [-0.15, -0.1) is 0 Å². The van der Waals surface area contributed by atoms with Crippen molar-refractivity contribution in [3.05, 3.63) is 64.0 Å². The first-order valence-electron chi connectivity index (χ1n) is 7.92. The van der Waals surface area contributed by atoms with E-state index >= 15 is 0 Å². The number of ether oxygens (including phenoxy) is 1. The number of nitrogens with one attached hydrogen (secondary N) is 1. The molecule has 3 rings (SSSR count). The molecule has 27 heavy (non-hydrogen) atoms. The molecule has 2 aromatic carbocycles. The Balaban J connectivity index is 1.72. The van der Waals surface area contributed by atoms with Gasteiger partial charge in [-0.2, -0.15) is 0 Å². The van der Waals surface area contributed by atoms with Crippen LogP contribution in [0.15, 0.2) is 53.4 Å². The van der Waals surface area contributed by atoms with Crippen molar-refractivity contribution in [3.8, 4) is 5.75 Å². The first kappa shape index (κ1) is 19.0. The van der Waals surface area contributed by atoms with Gasteiger partial charge in [0, 0.05) is 16.3 Å². The van der Waals surface area contributed by atoms with E-state index in [9.17, 15) is 14.4 Å². The van der Waals surface area contributed by atoms with Crippen molar-refractivity contribution in [2.24, 2.45) is 0 Å². The third-order valence-corrected chi connectivity index (χ3v) is 4.85. The van der Waals surface area contributed by atoms with Crippen LogP contribution in [0.5, 0.6) is 5.75 Å². The summed E-state index contributed by atoms with van der Waals surface area (Å²) in [6.07, 6.45) is 1.58. The number of thioether (sulfide) groups is 1. The van der Waals surface area contributed by atoms with Crippen LogP contribution in [0.4, 0.5) is 10.5 Å². The lowest BCUT2D eigenvalue weighted by atomic mass is 10.2. The fourth-order valence-electron chi connectivity index (χ4n) is 2.47. The number of hydrogen-bond donors (Lipinski definition) is 1. The molecular weight excluding hydrogens is 388 g/mol. The van der Waals surface area contributed by atoms with Gasteiger partial charge < -0.3 is 10.1 Å². The summed E-state index contributed by atoms with van der Waals surface area (Å²) >= 11 is 6.66. The minimum atomic E-state index is -0.517. The maximum absolute atomic E-state index is 12.5. The summed E-state index contributed by atoms with van der Waals surface area (Å²) in [6, 6.07) is 13.8. The molecule has 0 unspecified atom stereocenters. The van der Waals surface area contributed by atoms with Crippen LogP contribution in [-0.2, 0) is 9.59 Å². The summed E-state index contributed by atoms with van der Waals surface area (Å²) in [6.45, 7) is -0.375. The largest absolute Gasteiger partial charge is 0.496 e. The van der Waals surface area contributed by atoms with Crippen LogP contribution in [-0.4, -0.2) is 35.6 Å². The summed E-state index contributed by atoms with van der Waals surface area (Å²) in [7, 11) is 1.53. The third kappa shape index (κ3) is 4.50. The van der Waals surface area contributed by atoms with Gasteiger partial charge in [-0.3, -0.25) is 19.3 Å². The Morgan fingerprint density at radius 3 is 2.74 bits per heavy atom. The Bertz CT molecular complexity index is 945. The van der Waals surface area contributed by atoms with Crippen molar-refractivity contribution >= 4 is 52.2 Å². The Labute approximate surface area is 165 Å². The summed E-state index contributed by atoms with van der Waals surface area (Å²) in [5.74, 6) is -0.418. The second-order valence-corrected chi connectivity index (χ2v) is 7.00. The maximum atomic E-state index is 12.5. The molecular formula is C19H15ClN2O4S. The fraction of sp³-hybridized carbons (Fsp3) is 0.105. The van der Waals surface area contributed by atoms with Gasteiger partial charge in [0.15, 0.2) is 0 Å². The van der Waals surface area contributed by atoms with Crippen LogP contribution in [0, 0.1) is 0 Å². The molecule has 0 radical (unpaired) electrons. The Morgan fingerprint density at radius 2 is 2.00 bits per heavy atom. The molecule has 1 N–H and O–H groups in total. The Kier molecular flexibility index (Phi) is 5.83. The van der Waals surface area contributed by atoms with Crippen molar-refractivity contribution in [1.82, 2.24) is 4.90 Å². The zero-order valence-electron chi connectivity index (χ0n) is 14.3. The van der Waals surface area contributed by atoms with Gasteiger partial charge in [-0.1, -0.05) is 35.9 Å². The summed E-state index contributed by atoms with van der Waals surface area (Å²) in [5, 5.41) is 2.59. The van der Waals surface area contributed by atoms with E-state index in [1.54, 1.807) is 48.5 Å². The maximum Gasteiger partial charge on any atom is 0.294 e. The number of amides is 3. The number of rotatable bonds is 5. The second kappa shape index (κ2) is 8.28. The van der Waals surface area contributed by atoms with Crippen molar-refractivity contribution < 1.29 is 19.1 Å². The van der Waals surface area contributed by atoms with Gasteiger partial charge in [0.25, 0.3) is 11.1 Å². The number of imide groups is 1. The Hall–Kier alpha value is -2.77. The monoisotopic (exact) mass is 402 g/mol. The summed E-state index contributed by atoms with van der Waals surface area (Å²) < 4.78 is 5.25. The van der Waals surface area contributed by atoms with E-state index in [4.69, 9.17) is 16.3 Å². The van der Waals surface area contributed by atoms with Gasteiger partial charge in [0.2, 0.25) is 5.91 Å². The normalized spacial score (nSPS) is 15.3. The lowest BCUT2D eigenvalue weighted by Gasteiger charge is -2.12. The smallest absolute Gasteiger partial charge is 0.294 e. The number of carbonyl (C=O) groups excluding carboxylic acids is 3. The number of nitrogens with zero attached hydrogens (tertiary/aromatic N) is 1. The fourth-order valence-corrected chi connectivity index (χ4v) is 3.49. The highest BCUT2D eigenvalue weighted by Gasteiger charge is 2.36. The molecule has 3 amide bonds. The van der Waals surface area contributed by atoms with Gasteiger partial charge in [-0.25, -0.2) is 0 Å². The van der Waals surface area contributed by atoms with Crippen LogP contribution in [0.25, 0.3) is 6.08 Å².